The Labute approximate surface area is 121 Å². The van der Waals surface area contributed by atoms with Crippen LogP contribution in [0.15, 0.2) is 18.2 Å². The number of nitro groups is 1. The predicted molar refractivity (Wildman–Crippen MR) is 79.1 cm³/mol. The smallest absolute Gasteiger partial charge is 0.271 e. The number of nitro benzene ring substituents is 1. The molecule has 2 rings (SSSR count). The fourth-order valence-corrected chi connectivity index (χ4v) is 1.85. The van der Waals surface area contributed by atoms with Gasteiger partial charge in [0.05, 0.1) is 16.0 Å². The Balaban J connectivity index is 2.12. The van der Waals surface area contributed by atoms with Gasteiger partial charge in [-0.3, -0.25) is 14.9 Å². The molecule has 8 nitrogen and oxygen atoms in total. The van der Waals surface area contributed by atoms with Crippen LogP contribution in [0.25, 0.3) is 11.0 Å². The standard InChI is InChI=1S/C13H17N5O3/c1-3-6-14-12(19)8(2)15-13-16-10-5-4-9(18(20)21)7-11(10)17-13/h4-5,7-8H,3,6H2,1-2H3,(H,14,19)(H2,15,16,17). The molecular formula is C13H17N5O3. The Kier molecular flexibility index (Phi) is 4.36. The lowest BCUT2D eigenvalue weighted by molar-refractivity contribution is -0.384. The summed E-state index contributed by atoms with van der Waals surface area (Å²) in [5.41, 5.74) is 1.14. The van der Waals surface area contributed by atoms with Crippen LogP contribution in [0.4, 0.5) is 11.6 Å². The first-order chi connectivity index (χ1) is 10.0. The van der Waals surface area contributed by atoms with Crippen molar-refractivity contribution < 1.29 is 9.72 Å². The molecule has 8 heteroatoms. The Bertz CT molecular complexity index is 667. The number of H-pyrrole nitrogens is 1. The first-order valence-corrected chi connectivity index (χ1v) is 6.69. The molecule has 0 aliphatic heterocycles. The van der Waals surface area contributed by atoms with E-state index in [1.54, 1.807) is 13.0 Å². The number of fused-ring (bicyclic) bond motifs is 1. The average molecular weight is 291 g/mol. The highest BCUT2D eigenvalue weighted by Crippen LogP contribution is 2.20. The summed E-state index contributed by atoms with van der Waals surface area (Å²) in [5.74, 6) is 0.285. The molecule has 0 saturated carbocycles. The largest absolute Gasteiger partial charge is 0.354 e. The first kappa shape index (κ1) is 14.8. The summed E-state index contributed by atoms with van der Waals surface area (Å²) in [6, 6.07) is 3.92. The number of non-ortho nitro benzene ring substituents is 1. The van der Waals surface area contributed by atoms with Gasteiger partial charge in [-0.2, -0.15) is 0 Å². The van der Waals surface area contributed by atoms with Crippen molar-refractivity contribution in [3.8, 4) is 0 Å². The van der Waals surface area contributed by atoms with E-state index in [-0.39, 0.29) is 11.6 Å². The van der Waals surface area contributed by atoms with Gasteiger partial charge in [-0.05, 0) is 19.4 Å². The van der Waals surface area contributed by atoms with E-state index in [2.05, 4.69) is 20.6 Å². The molecule has 0 fully saturated rings. The van der Waals surface area contributed by atoms with Crippen LogP contribution in [0.3, 0.4) is 0 Å². The van der Waals surface area contributed by atoms with E-state index in [4.69, 9.17) is 0 Å². The third-order valence-corrected chi connectivity index (χ3v) is 2.97. The molecule has 1 aromatic carbocycles. The van der Waals surface area contributed by atoms with Gasteiger partial charge in [-0.25, -0.2) is 4.98 Å². The van der Waals surface area contributed by atoms with E-state index >= 15 is 0 Å². The molecule has 1 atom stereocenters. The van der Waals surface area contributed by atoms with Crippen LogP contribution in [0.5, 0.6) is 0 Å². The van der Waals surface area contributed by atoms with Crippen molar-refractivity contribution in [2.24, 2.45) is 0 Å². The van der Waals surface area contributed by atoms with Crippen LogP contribution < -0.4 is 10.6 Å². The lowest BCUT2D eigenvalue weighted by Gasteiger charge is -2.12. The second-order valence-electron chi connectivity index (χ2n) is 4.70. The van der Waals surface area contributed by atoms with E-state index < -0.39 is 11.0 Å². The van der Waals surface area contributed by atoms with Gasteiger partial charge in [0.15, 0.2) is 0 Å². The van der Waals surface area contributed by atoms with Crippen molar-refractivity contribution in [1.82, 2.24) is 15.3 Å². The lowest BCUT2D eigenvalue weighted by atomic mass is 10.3. The van der Waals surface area contributed by atoms with Crippen LogP contribution in [-0.4, -0.2) is 33.4 Å². The minimum atomic E-state index is -0.464. The highest BCUT2D eigenvalue weighted by Gasteiger charge is 2.14. The zero-order valence-electron chi connectivity index (χ0n) is 11.8. The van der Waals surface area contributed by atoms with Crippen molar-refractivity contribution in [2.45, 2.75) is 26.3 Å². The number of carbonyl (C=O) groups excluding carboxylic acids is 1. The summed E-state index contributed by atoms with van der Waals surface area (Å²) in [6.45, 7) is 4.32. The van der Waals surface area contributed by atoms with Gasteiger partial charge in [-0.15, -0.1) is 0 Å². The van der Waals surface area contributed by atoms with Crippen LogP contribution in [0.1, 0.15) is 20.3 Å². The van der Waals surface area contributed by atoms with Crippen molar-refractivity contribution in [2.75, 3.05) is 11.9 Å². The van der Waals surface area contributed by atoms with E-state index in [0.717, 1.165) is 6.42 Å². The summed E-state index contributed by atoms with van der Waals surface area (Å²) >= 11 is 0. The highest BCUT2D eigenvalue weighted by molar-refractivity contribution is 5.85. The summed E-state index contributed by atoms with van der Waals surface area (Å²) in [6.07, 6.45) is 0.868. The van der Waals surface area contributed by atoms with E-state index in [1.807, 2.05) is 6.92 Å². The Morgan fingerprint density at radius 3 is 2.95 bits per heavy atom. The second-order valence-corrected chi connectivity index (χ2v) is 4.70. The zero-order valence-corrected chi connectivity index (χ0v) is 11.8. The number of amides is 1. The fraction of sp³-hybridized carbons (Fsp3) is 0.385. The molecule has 0 aliphatic carbocycles. The Hall–Kier alpha value is -2.64. The van der Waals surface area contributed by atoms with Gasteiger partial charge in [0, 0.05) is 18.7 Å². The molecular weight excluding hydrogens is 274 g/mol. The number of benzene rings is 1. The topological polar surface area (TPSA) is 113 Å². The van der Waals surface area contributed by atoms with Gasteiger partial charge in [0.25, 0.3) is 5.69 Å². The second kappa shape index (κ2) is 6.21. The fourth-order valence-electron chi connectivity index (χ4n) is 1.85. The molecule has 0 radical (unpaired) electrons. The maximum absolute atomic E-state index is 11.8. The number of rotatable bonds is 6. The van der Waals surface area contributed by atoms with Gasteiger partial charge < -0.3 is 15.6 Å². The lowest BCUT2D eigenvalue weighted by Crippen LogP contribution is -2.38. The minimum Gasteiger partial charge on any atom is -0.354 e. The zero-order chi connectivity index (χ0) is 15.4. The van der Waals surface area contributed by atoms with Gasteiger partial charge >= 0.3 is 0 Å². The molecule has 0 saturated heterocycles. The SMILES string of the molecule is CCCNC(=O)C(C)Nc1nc2ccc([N+](=O)[O-])cc2[nH]1. The molecule has 2 aromatic rings. The molecule has 1 aromatic heterocycles. The number of aromatic amines is 1. The predicted octanol–water partition coefficient (Wildman–Crippen LogP) is 1.80. The minimum absolute atomic E-state index is 0.00793. The molecule has 21 heavy (non-hydrogen) atoms. The number of hydrogen-bond acceptors (Lipinski definition) is 5. The number of nitrogens with zero attached hydrogens (tertiary/aromatic N) is 2. The molecule has 0 bridgehead atoms. The summed E-state index contributed by atoms with van der Waals surface area (Å²) < 4.78 is 0. The molecule has 1 amide bonds. The van der Waals surface area contributed by atoms with Crippen LogP contribution in [-0.2, 0) is 4.79 Å². The Morgan fingerprint density at radius 1 is 1.52 bits per heavy atom. The van der Waals surface area contributed by atoms with Crippen LogP contribution in [0, 0.1) is 10.1 Å². The van der Waals surface area contributed by atoms with Crippen molar-refractivity contribution in [1.29, 1.82) is 0 Å². The third-order valence-electron chi connectivity index (χ3n) is 2.97. The molecule has 1 heterocycles. The van der Waals surface area contributed by atoms with Crippen molar-refractivity contribution in [3.05, 3.63) is 28.3 Å². The number of hydrogen-bond donors (Lipinski definition) is 3. The van der Waals surface area contributed by atoms with E-state index in [1.165, 1.54) is 12.1 Å². The normalized spacial score (nSPS) is 12.1. The quantitative estimate of drug-likeness (QED) is 0.554. The Morgan fingerprint density at radius 2 is 2.29 bits per heavy atom. The molecule has 112 valence electrons. The number of aromatic nitrogens is 2. The van der Waals surface area contributed by atoms with Crippen molar-refractivity contribution in [3.63, 3.8) is 0 Å². The summed E-state index contributed by atoms with van der Waals surface area (Å²) in [4.78, 5) is 29.2. The number of nitrogens with one attached hydrogen (secondary N) is 3. The summed E-state index contributed by atoms with van der Waals surface area (Å²) in [5, 5.41) is 16.4. The first-order valence-electron chi connectivity index (χ1n) is 6.69. The number of imidazole rings is 1. The van der Waals surface area contributed by atoms with E-state index in [0.29, 0.717) is 23.5 Å². The average Bonchev–Trinajstić information content (AvgIpc) is 2.85. The van der Waals surface area contributed by atoms with Crippen molar-refractivity contribution >= 4 is 28.6 Å². The van der Waals surface area contributed by atoms with Crippen LogP contribution >= 0.6 is 0 Å². The van der Waals surface area contributed by atoms with Gasteiger partial charge in [0.2, 0.25) is 11.9 Å². The third kappa shape index (κ3) is 3.47. The maximum atomic E-state index is 11.8. The van der Waals surface area contributed by atoms with Crippen LogP contribution in [0.2, 0.25) is 0 Å². The van der Waals surface area contributed by atoms with E-state index in [9.17, 15) is 14.9 Å². The van der Waals surface area contributed by atoms with Gasteiger partial charge in [-0.1, -0.05) is 6.92 Å². The molecule has 1 unspecified atom stereocenters. The maximum Gasteiger partial charge on any atom is 0.271 e. The summed E-state index contributed by atoms with van der Waals surface area (Å²) in [7, 11) is 0. The highest BCUT2D eigenvalue weighted by atomic mass is 16.6. The monoisotopic (exact) mass is 291 g/mol. The number of anilines is 1. The molecule has 3 N–H and O–H groups in total. The van der Waals surface area contributed by atoms with Gasteiger partial charge in [0.1, 0.15) is 6.04 Å². The molecule has 0 spiro atoms. The molecule has 0 aliphatic rings. The number of carbonyl (C=O) groups is 1.